The van der Waals surface area contributed by atoms with Crippen LogP contribution in [0.2, 0.25) is 0 Å². The minimum Gasteiger partial charge on any atom is -0.359 e. The first-order valence-electron chi connectivity index (χ1n) is 6.39. The maximum Gasteiger partial charge on any atom is 0.311 e. The van der Waals surface area contributed by atoms with Gasteiger partial charge >= 0.3 is 5.69 Å². The number of anilines is 1. The molecule has 2 aliphatic rings. The standard InChI is InChI=1S/C12H15BrN4O2/c13-10-5-15-6-11(17(18)19)12(10)16-8-1-2-9(16)4-7(14)3-8/h5-9H,1-4,14H2. The summed E-state index contributed by atoms with van der Waals surface area (Å²) in [4.78, 5) is 16.9. The lowest BCUT2D eigenvalue weighted by atomic mass is 9.97. The molecule has 0 aliphatic carbocycles. The number of nitrogens with zero attached hydrogens (tertiary/aromatic N) is 3. The van der Waals surface area contributed by atoms with Crippen molar-refractivity contribution in [2.75, 3.05) is 4.90 Å². The number of hydrogen-bond donors (Lipinski definition) is 1. The molecule has 0 aromatic carbocycles. The topological polar surface area (TPSA) is 85.3 Å². The van der Waals surface area contributed by atoms with Crippen molar-refractivity contribution in [3.05, 3.63) is 27.0 Å². The Balaban J connectivity index is 2.06. The van der Waals surface area contributed by atoms with Gasteiger partial charge in [-0.15, -0.1) is 0 Å². The summed E-state index contributed by atoms with van der Waals surface area (Å²) in [6.07, 6.45) is 6.88. The van der Waals surface area contributed by atoms with E-state index in [2.05, 4.69) is 25.8 Å². The Labute approximate surface area is 119 Å². The van der Waals surface area contributed by atoms with Crippen molar-refractivity contribution in [3.8, 4) is 0 Å². The molecule has 2 unspecified atom stereocenters. The van der Waals surface area contributed by atoms with Gasteiger partial charge < -0.3 is 10.6 Å². The van der Waals surface area contributed by atoms with Crippen LogP contribution in [0.15, 0.2) is 16.9 Å². The Kier molecular flexibility index (Phi) is 3.18. The van der Waals surface area contributed by atoms with Gasteiger partial charge in [0.25, 0.3) is 0 Å². The molecule has 0 radical (unpaired) electrons. The number of piperidine rings is 1. The average molecular weight is 327 g/mol. The average Bonchev–Trinajstić information content (AvgIpc) is 2.61. The molecule has 2 bridgehead atoms. The molecule has 2 fully saturated rings. The van der Waals surface area contributed by atoms with Crippen molar-refractivity contribution < 1.29 is 4.92 Å². The van der Waals surface area contributed by atoms with E-state index in [9.17, 15) is 10.1 Å². The second-order valence-electron chi connectivity index (χ2n) is 5.27. The normalized spacial score (nSPS) is 29.6. The van der Waals surface area contributed by atoms with Gasteiger partial charge in [0.2, 0.25) is 0 Å². The highest BCUT2D eigenvalue weighted by atomic mass is 79.9. The summed E-state index contributed by atoms with van der Waals surface area (Å²) in [5.41, 5.74) is 6.78. The van der Waals surface area contributed by atoms with Crippen LogP contribution in [-0.4, -0.2) is 28.0 Å². The van der Waals surface area contributed by atoms with Crippen molar-refractivity contribution in [2.24, 2.45) is 5.73 Å². The molecule has 19 heavy (non-hydrogen) atoms. The molecular formula is C12H15BrN4O2. The van der Waals surface area contributed by atoms with Crippen molar-refractivity contribution in [1.82, 2.24) is 4.98 Å². The van der Waals surface area contributed by atoms with Crippen LogP contribution < -0.4 is 10.6 Å². The quantitative estimate of drug-likeness (QED) is 0.665. The highest BCUT2D eigenvalue weighted by Gasteiger charge is 2.42. The molecular weight excluding hydrogens is 312 g/mol. The molecule has 3 rings (SSSR count). The van der Waals surface area contributed by atoms with E-state index in [0.29, 0.717) is 22.2 Å². The van der Waals surface area contributed by atoms with Gasteiger partial charge in [0.05, 0.1) is 9.40 Å². The van der Waals surface area contributed by atoms with E-state index in [-0.39, 0.29) is 16.7 Å². The SMILES string of the molecule is NC1CC2CCC(C1)N2c1c(Br)cncc1[N+](=O)[O-]. The summed E-state index contributed by atoms with van der Waals surface area (Å²) in [5, 5.41) is 11.2. The lowest BCUT2D eigenvalue weighted by molar-refractivity contribution is -0.384. The third-order valence-electron chi connectivity index (χ3n) is 4.08. The van der Waals surface area contributed by atoms with Crippen LogP contribution >= 0.6 is 15.9 Å². The van der Waals surface area contributed by atoms with Crippen LogP contribution in [0.1, 0.15) is 25.7 Å². The lowest BCUT2D eigenvalue weighted by Crippen LogP contribution is -2.47. The second kappa shape index (κ2) is 4.72. The molecule has 2 saturated heterocycles. The van der Waals surface area contributed by atoms with Crippen molar-refractivity contribution in [1.29, 1.82) is 0 Å². The Bertz CT molecular complexity index is 510. The number of hydrogen-bond acceptors (Lipinski definition) is 5. The number of aromatic nitrogens is 1. The summed E-state index contributed by atoms with van der Waals surface area (Å²) in [5.74, 6) is 0. The van der Waals surface area contributed by atoms with Crippen LogP contribution in [0.25, 0.3) is 0 Å². The molecule has 3 heterocycles. The maximum atomic E-state index is 11.2. The van der Waals surface area contributed by atoms with E-state index in [4.69, 9.17) is 5.73 Å². The Hall–Kier alpha value is -1.21. The molecule has 2 aliphatic heterocycles. The van der Waals surface area contributed by atoms with Crippen LogP contribution in [-0.2, 0) is 0 Å². The molecule has 2 N–H and O–H groups in total. The second-order valence-corrected chi connectivity index (χ2v) is 6.12. The largest absolute Gasteiger partial charge is 0.359 e. The van der Waals surface area contributed by atoms with Crippen molar-refractivity contribution >= 4 is 27.3 Å². The fourth-order valence-electron chi connectivity index (χ4n) is 3.39. The first-order chi connectivity index (χ1) is 9.08. The van der Waals surface area contributed by atoms with Crippen LogP contribution in [0, 0.1) is 10.1 Å². The Morgan fingerprint density at radius 1 is 1.37 bits per heavy atom. The molecule has 1 aromatic rings. The van der Waals surface area contributed by atoms with Gasteiger partial charge in [0, 0.05) is 24.3 Å². The fraction of sp³-hybridized carbons (Fsp3) is 0.583. The van der Waals surface area contributed by atoms with Crippen LogP contribution in [0.5, 0.6) is 0 Å². The number of halogens is 1. The summed E-state index contributed by atoms with van der Waals surface area (Å²) in [6.45, 7) is 0. The van der Waals surface area contributed by atoms with E-state index in [1.165, 1.54) is 6.20 Å². The Morgan fingerprint density at radius 2 is 2.00 bits per heavy atom. The molecule has 102 valence electrons. The summed E-state index contributed by atoms with van der Waals surface area (Å²) in [7, 11) is 0. The zero-order valence-electron chi connectivity index (χ0n) is 10.3. The van der Waals surface area contributed by atoms with E-state index in [1.54, 1.807) is 6.20 Å². The van der Waals surface area contributed by atoms with Crippen LogP contribution in [0.4, 0.5) is 11.4 Å². The van der Waals surface area contributed by atoms with E-state index < -0.39 is 0 Å². The van der Waals surface area contributed by atoms with Gasteiger partial charge in [-0.25, -0.2) is 0 Å². The van der Waals surface area contributed by atoms with Gasteiger partial charge in [-0.2, -0.15) is 0 Å². The predicted octanol–water partition coefficient (Wildman–Crippen LogP) is 2.21. The number of rotatable bonds is 2. The molecule has 2 atom stereocenters. The number of fused-ring (bicyclic) bond motifs is 2. The van der Waals surface area contributed by atoms with Gasteiger partial charge in [-0.3, -0.25) is 15.1 Å². The zero-order valence-corrected chi connectivity index (χ0v) is 11.9. The van der Waals surface area contributed by atoms with Gasteiger partial charge in [-0.1, -0.05) is 0 Å². The number of nitro groups is 1. The number of nitrogens with two attached hydrogens (primary N) is 1. The molecule has 7 heteroatoms. The third kappa shape index (κ3) is 2.10. The molecule has 0 saturated carbocycles. The Morgan fingerprint density at radius 3 is 2.58 bits per heavy atom. The van der Waals surface area contributed by atoms with Gasteiger partial charge in [-0.05, 0) is 41.6 Å². The van der Waals surface area contributed by atoms with E-state index >= 15 is 0 Å². The minimum atomic E-state index is -0.360. The molecule has 0 spiro atoms. The van der Waals surface area contributed by atoms with Gasteiger partial charge in [0.1, 0.15) is 11.9 Å². The zero-order chi connectivity index (χ0) is 13.6. The van der Waals surface area contributed by atoms with Gasteiger partial charge in [0.15, 0.2) is 0 Å². The first-order valence-corrected chi connectivity index (χ1v) is 7.19. The molecule has 1 aromatic heterocycles. The lowest BCUT2D eigenvalue weighted by Gasteiger charge is -2.39. The maximum absolute atomic E-state index is 11.2. The number of pyridine rings is 1. The smallest absolute Gasteiger partial charge is 0.311 e. The third-order valence-corrected chi connectivity index (χ3v) is 4.66. The predicted molar refractivity (Wildman–Crippen MR) is 75.1 cm³/mol. The molecule has 0 amide bonds. The van der Waals surface area contributed by atoms with E-state index in [0.717, 1.165) is 25.7 Å². The monoisotopic (exact) mass is 326 g/mol. The van der Waals surface area contributed by atoms with E-state index in [1.807, 2.05) is 0 Å². The van der Waals surface area contributed by atoms with Crippen LogP contribution in [0.3, 0.4) is 0 Å². The summed E-state index contributed by atoms with van der Waals surface area (Å²) < 4.78 is 0.689. The fourth-order valence-corrected chi connectivity index (χ4v) is 3.92. The summed E-state index contributed by atoms with van der Waals surface area (Å²) in [6, 6.07) is 0.839. The highest BCUT2D eigenvalue weighted by molar-refractivity contribution is 9.10. The highest BCUT2D eigenvalue weighted by Crippen LogP contribution is 2.45. The first kappa shape index (κ1) is 12.8. The molecule has 6 nitrogen and oxygen atoms in total. The van der Waals surface area contributed by atoms with Crippen molar-refractivity contribution in [2.45, 2.75) is 43.8 Å². The van der Waals surface area contributed by atoms with Crippen molar-refractivity contribution in [3.63, 3.8) is 0 Å². The summed E-state index contributed by atoms with van der Waals surface area (Å²) >= 11 is 3.41. The minimum absolute atomic E-state index is 0.0711.